The maximum Gasteiger partial charge on any atom is 0.317 e. The minimum absolute atomic E-state index is 0.0636. The van der Waals surface area contributed by atoms with Gasteiger partial charge in [0.05, 0.1) is 23.7 Å². The number of nitrogens with one attached hydrogen (secondary N) is 1. The van der Waals surface area contributed by atoms with E-state index in [1.165, 1.54) is 11.3 Å². The molecule has 23 heavy (non-hydrogen) atoms. The number of thiazole rings is 1. The van der Waals surface area contributed by atoms with Crippen LogP contribution in [0.25, 0.3) is 0 Å². The first-order valence-corrected chi connectivity index (χ1v) is 8.81. The number of likely N-dealkylation sites (tertiary alicyclic amines) is 1. The Balaban J connectivity index is 1.57. The Hall–Kier alpha value is -1.96. The van der Waals surface area contributed by atoms with Crippen LogP contribution in [0.1, 0.15) is 55.9 Å². The zero-order chi connectivity index (χ0) is 16.2. The van der Waals surface area contributed by atoms with Crippen molar-refractivity contribution in [3.63, 3.8) is 0 Å². The highest BCUT2D eigenvalue weighted by molar-refractivity contribution is 7.07. The molecule has 0 radical (unpaired) electrons. The Morgan fingerprint density at radius 2 is 2.43 bits per heavy atom. The van der Waals surface area contributed by atoms with Crippen LogP contribution in [0.3, 0.4) is 0 Å². The van der Waals surface area contributed by atoms with Crippen LogP contribution < -0.4 is 5.32 Å². The number of hydrogen-bond acceptors (Lipinski definition) is 6. The average molecular weight is 335 g/mol. The molecule has 3 rings (SSSR count). The lowest BCUT2D eigenvalue weighted by atomic mass is 9.98. The van der Waals surface area contributed by atoms with E-state index in [1.807, 2.05) is 24.1 Å². The van der Waals surface area contributed by atoms with Gasteiger partial charge in [-0.2, -0.15) is 4.98 Å². The van der Waals surface area contributed by atoms with Crippen molar-refractivity contribution in [1.82, 2.24) is 25.3 Å². The molecule has 1 aliphatic heterocycles. The maximum atomic E-state index is 12.3. The van der Waals surface area contributed by atoms with Gasteiger partial charge in [0.15, 0.2) is 5.82 Å². The average Bonchev–Trinajstić information content (AvgIpc) is 3.24. The summed E-state index contributed by atoms with van der Waals surface area (Å²) in [5.41, 5.74) is 2.65. The van der Waals surface area contributed by atoms with Crippen molar-refractivity contribution in [2.75, 3.05) is 13.1 Å². The Morgan fingerprint density at radius 1 is 1.57 bits per heavy atom. The number of rotatable bonds is 4. The molecular weight excluding hydrogens is 314 g/mol. The van der Waals surface area contributed by atoms with Crippen LogP contribution >= 0.6 is 11.3 Å². The Labute approximate surface area is 139 Å². The molecule has 1 aliphatic rings. The third-order valence-electron chi connectivity index (χ3n) is 3.94. The van der Waals surface area contributed by atoms with E-state index in [2.05, 4.69) is 20.4 Å². The second-order valence-corrected chi connectivity index (χ2v) is 6.79. The van der Waals surface area contributed by atoms with Crippen LogP contribution in [0.5, 0.6) is 0 Å². The Kier molecular flexibility index (Phi) is 4.90. The summed E-state index contributed by atoms with van der Waals surface area (Å²) in [6.07, 6.45) is 1.91. The summed E-state index contributed by atoms with van der Waals surface area (Å²) in [5.74, 6) is 1.73. The minimum atomic E-state index is -0.0636. The molecule has 0 spiro atoms. The molecule has 0 aromatic carbocycles. The van der Waals surface area contributed by atoms with Crippen molar-refractivity contribution in [3.05, 3.63) is 28.3 Å². The summed E-state index contributed by atoms with van der Waals surface area (Å²) in [7, 11) is 0. The van der Waals surface area contributed by atoms with Gasteiger partial charge < -0.3 is 14.7 Å². The predicted octanol–water partition coefficient (Wildman–Crippen LogP) is 2.74. The molecule has 0 unspecified atom stereocenters. The number of amides is 2. The lowest BCUT2D eigenvalue weighted by Crippen LogP contribution is -2.44. The highest BCUT2D eigenvalue weighted by Gasteiger charge is 2.28. The summed E-state index contributed by atoms with van der Waals surface area (Å²) >= 11 is 1.53. The molecule has 0 bridgehead atoms. The molecule has 124 valence electrons. The van der Waals surface area contributed by atoms with Crippen molar-refractivity contribution >= 4 is 17.4 Å². The maximum absolute atomic E-state index is 12.3. The topological polar surface area (TPSA) is 84.2 Å². The second-order valence-electron chi connectivity index (χ2n) is 6.07. The molecule has 3 heterocycles. The summed E-state index contributed by atoms with van der Waals surface area (Å²) in [5, 5.41) is 8.87. The van der Waals surface area contributed by atoms with Crippen molar-refractivity contribution in [2.24, 2.45) is 0 Å². The van der Waals surface area contributed by atoms with Crippen molar-refractivity contribution in [3.8, 4) is 0 Å². The van der Waals surface area contributed by atoms with Gasteiger partial charge in [0.1, 0.15) is 0 Å². The van der Waals surface area contributed by atoms with E-state index in [1.54, 1.807) is 5.51 Å². The van der Waals surface area contributed by atoms with Crippen LogP contribution in [-0.2, 0) is 6.54 Å². The molecular formula is C15H21N5O2S. The van der Waals surface area contributed by atoms with Gasteiger partial charge in [-0.25, -0.2) is 9.78 Å². The van der Waals surface area contributed by atoms with Crippen molar-refractivity contribution in [1.29, 1.82) is 0 Å². The number of urea groups is 1. The van der Waals surface area contributed by atoms with Gasteiger partial charge in [-0.1, -0.05) is 19.0 Å². The van der Waals surface area contributed by atoms with Crippen LogP contribution in [0.2, 0.25) is 0 Å². The molecule has 8 heteroatoms. The molecule has 2 aromatic heterocycles. The SMILES string of the molecule is CC(C)c1noc([C@H]2CCCN(C(=O)NCc3cscn3)C2)n1. The molecule has 0 aliphatic carbocycles. The quantitative estimate of drug-likeness (QED) is 0.929. The Bertz CT molecular complexity index is 640. The molecule has 2 aromatic rings. The second kappa shape index (κ2) is 7.08. The first kappa shape index (κ1) is 15.9. The van der Waals surface area contributed by atoms with E-state index < -0.39 is 0 Å². The first-order chi connectivity index (χ1) is 11.1. The molecule has 2 amide bonds. The van der Waals surface area contributed by atoms with Gasteiger partial charge in [0.2, 0.25) is 5.89 Å². The van der Waals surface area contributed by atoms with E-state index in [0.29, 0.717) is 19.0 Å². The van der Waals surface area contributed by atoms with Crippen molar-refractivity contribution < 1.29 is 9.32 Å². The number of piperidine rings is 1. The van der Waals surface area contributed by atoms with Gasteiger partial charge in [0, 0.05) is 24.4 Å². The molecule has 1 fully saturated rings. The summed E-state index contributed by atoms with van der Waals surface area (Å²) < 4.78 is 5.38. The third-order valence-corrected chi connectivity index (χ3v) is 4.57. The lowest BCUT2D eigenvalue weighted by Gasteiger charge is -2.31. The van der Waals surface area contributed by atoms with Gasteiger partial charge >= 0.3 is 6.03 Å². The summed E-state index contributed by atoms with van der Waals surface area (Å²) in [6, 6.07) is -0.0636. The largest absolute Gasteiger partial charge is 0.339 e. The zero-order valence-electron chi connectivity index (χ0n) is 13.4. The van der Waals surface area contributed by atoms with Gasteiger partial charge in [-0.05, 0) is 12.8 Å². The van der Waals surface area contributed by atoms with Crippen LogP contribution in [-0.4, -0.2) is 39.1 Å². The van der Waals surface area contributed by atoms with Crippen molar-refractivity contribution in [2.45, 2.75) is 45.1 Å². The highest BCUT2D eigenvalue weighted by Crippen LogP contribution is 2.26. The molecule has 1 atom stereocenters. The van der Waals surface area contributed by atoms with Crippen LogP contribution in [0, 0.1) is 0 Å². The Morgan fingerprint density at radius 3 is 3.13 bits per heavy atom. The van der Waals surface area contributed by atoms with Gasteiger partial charge in [-0.3, -0.25) is 0 Å². The minimum Gasteiger partial charge on any atom is -0.339 e. The van der Waals surface area contributed by atoms with Crippen LogP contribution in [0.15, 0.2) is 15.4 Å². The number of aromatic nitrogens is 3. The normalized spacial score (nSPS) is 18.4. The van der Waals surface area contributed by atoms with E-state index in [-0.39, 0.29) is 17.9 Å². The number of nitrogens with zero attached hydrogens (tertiary/aromatic N) is 4. The molecule has 7 nitrogen and oxygen atoms in total. The van der Waals surface area contributed by atoms with E-state index in [9.17, 15) is 4.79 Å². The monoisotopic (exact) mass is 335 g/mol. The smallest absolute Gasteiger partial charge is 0.317 e. The summed E-state index contributed by atoms with van der Waals surface area (Å²) in [4.78, 5) is 22.8. The fourth-order valence-corrected chi connectivity index (χ4v) is 3.17. The zero-order valence-corrected chi connectivity index (χ0v) is 14.2. The van der Waals surface area contributed by atoms with E-state index in [0.717, 1.165) is 30.9 Å². The fraction of sp³-hybridized carbons (Fsp3) is 0.600. The number of carbonyl (C=O) groups is 1. The van der Waals surface area contributed by atoms with Gasteiger partial charge in [0.25, 0.3) is 0 Å². The van der Waals surface area contributed by atoms with Crippen LogP contribution in [0.4, 0.5) is 4.79 Å². The lowest BCUT2D eigenvalue weighted by molar-refractivity contribution is 0.171. The standard InChI is InChI=1S/C15H21N5O2S/c1-10(2)13-18-14(22-19-13)11-4-3-5-20(7-11)15(21)16-6-12-8-23-9-17-12/h8-11H,3-7H2,1-2H3,(H,16,21)/t11-/m0/s1. The van der Waals surface area contributed by atoms with Gasteiger partial charge in [-0.15, -0.1) is 11.3 Å². The number of hydrogen-bond donors (Lipinski definition) is 1. The number of carbonyl (C=O) groups excluding carboxylic acids is 1. The first-order valence-electron chi connectivity index (χ1n) is 7.87. The highest BCUT2D eigenvalue weighted by atomic mass is 32.1. The van der Waals surface area contributed by atoms with E-state index in [4.69, 9.17) is 4.52 Å². The summed E-state index contributed by atoms with van der Waals surface area (Å²) in [6.45, 7) is 5.90. The molecule has 1 saturated heterocycles. The third kappa shape index (κ3) is 3.87. The fourth-order valence-electron chi connectivity index (χ4n) is 2.61. The molecule has 0 saturated carbocycles. The predicted molar refractivity (Wildman–Crippen MR) is 86.3 cm³/mol. The molecule has 1 N–H and O–H groups in total. The van der Waals surface area contributed by atoms with E-state index >= 15 is 0 Å².